The number of benzene rings is 1. The normalized spacial score (nSPS) is 10.6. The number of para-hydroxylation sites is 1. The Morgan fingerprint density at radius 1 is 1.41 bits per heavy atom. The summed E-state index contributed by atoms with van der Waals surface area (Å²) in [5, 5.41) is 3.92. The molecule has 2 rings (SSSR count). The van der Waals surface area contributed by atoms with E-state index in [1.165, 1.54) is 4.70 Å². The molecule has 1 aromatic carbocycles. The summed E-state index contributed by atoms with van der Waals surface area (Å²) < 4.78 is 1.22. The predicted molar refractivity (Wildman–Crippen MR) is 71.2 cm³/mol. The third-order valence-electron chi connectivity index (χ3n) is 2.51. The van der Waals surface area contributed by atoms with Gasteiger partial charge in [0.25, 0.3) is 0 Å². The van der Waals surface area contributed by atoms with Crippen LogP contribution in [0, 0.1) is 0 Å². The summed E-state index contributed by atoms with van der Waals surface area (Å²) in [6, 6.07) is 8.14. The maximum Gasteiger partial charge on any atom is 0.219 e. The lowest BCUT2D eigenvalue weighted by atomic mass is 10.2. The number of hydrogen-bond acceptors (Lipinski definition) is 3. The highest BCUT2D eigenvalue weighted by Crippen LogP contribution is 2.22. The van der Waals surface area contributed by atoms with E-state index in [4.69, 9.17) is 0 Å². The van der Waals surface area contributed by atoms with E-state index in [0.29, 0.717) is 13.0 Å². The minimum atomic E-state index is 0.133. The zero-order valence-corrected chi connectivity index (χ0v) is 10.7. The third-order valence-corrected chi connectivity index (χ3v) is 3.60. The van der Waals surface area contributed by atoms with Gasteiger partial charge in [-0.25, -0.2) is 4.98 Å². The molecule has 0 fully saturated rings. The molecule has 0 radical (unpaired) electrons. The molecule has 0 bridgehead atoms. The van der Waals surface area contributed by atoms with Crippen molar-refractivity contribution in [2.24, 2.45) is 0 Å². The van der Waals surface area contributed by atoms with E-state index < -0.39 is 0 Å². The number of carbonyl (C=O) groups excluding carboxylic acids is 1. The Morgan fingerprint density at radius 3 is 3.00 bits per heavy atom. The Labute approximate surface area is 105 Å². The number of aromatic nitrogens is 1. The maximum atomic E-state index is 11.3. The molecule has 0 aliphatic heterocycles. The van der Waals surface area contributed by atoms with Gasteiger partial charge in [0.05, 0.1) is 15.2 Å². The first-order valence-electron chi connectivity index (χ1n) is 5.90. The number of nitrogens with one attached hydrogen (secondary N) is 1. The van der Waals surface area contributed by atoms with Gasteiger partial charge >= 0.3 is 0 Å². The van der Waals surface area contributed by atoms with Crippen molar-refractivity contribution in [3.8, 4) is 0 Å². The predicted octanol–water partition coefficient (Wildman–Crippen LogP) is 2.76. The summed E-state index contributed by atoms with van der Waals surface area (Å²) in [5.41, 5.74) is 1.06. The molecule has 4 heteroatoms. The summed E-state index contributed by atoms with van der Waals surface area (Å²) >= 11 is 1.72. The van der Waals surface area contributed by atoms with Crippen LogP contribution in [0.4, 0.5) is 0 Å². The van der Waals surface area contributed by atoms with Gasteiger partial charge in [-0.1, -0.05) is 12.1 Å². The van der Waals surface area contributed by atoms with Crippen molar-refractivity contribution in [2.45, 2.75) is 26.2 Å². The van der Waals surface area contributed by atoms with Gasteiger partial charge < -0.3 is 5.32 Å². The molecule has 3 nitrogen and oxygen atoms in total. The maximum absolute atomic E-state index is 11.3. The van der Waals surface area contributed by atoms with E-state index in [-0.39, 0.29) is 5.91 Å². The number of hydrogen-bond donors (Lipinski definition) is 1. The molecular weight excluding hydrogens is 232 g/mol. The first-order valence-corrected chi connectivity index (χ1v) is 6.72. The molecule has 0 spiro atoms. The molecule has 90 valence electrons. The van der Waals surface area contributed by atoms with Crippen LogP contribution in [0.5, 0.6) is 0 Å². The van der Waals surface area contributed by atoms with Crippen LogP contribution >= 0.6 is 11.3 Å². The average Bonchev–Trinajstić information content (AvgIpc) is 2.71. The fourth-order valence-corrected chi connectivity index (χ4v) is 2.72. The first-order chi connectivity index (χ1) is 8.29. The smallest absolute Gasteiger partial charge is 0.219 e. The summed E-state index contributed by atoms with van der Waals surface area (Å²) in [5.74, 6) is 0.133. The van der Waals surface area contributed by atoms with Crippen molar-refractivity contribution in [1.82, 2.24) is 10.3 Å². The van der Waals surface area contributed by atoms with Crippen molar-refractivity contribution in [2.75, 3.05) is 6.54 Å². The summed E-state index contributed by atoms with van der Waals surface area (Å²) in [6.45, 7) is 2.64. The lowest BCUT2D eigenvalue weighted by Crippen LogP contribution is -2.22. The Hall–Kier alpha value is -1.42. The number of carbonyl (C=O) groups is 1. The Balaban J connectivity index is 1.89. The first kappa shape index (κ1) is 12.0. The number of nitrogens with zero attached hydrogens (tertiary/aromatic N) is 1. The molecule has 0 saturated heterocycles. The molecule has 0 aliphatic rings. The van der Waals surface area contributed by atoms with Crippen LogP contribution in [0.15, 0.2) is 24.3 Å². The molecule has 2 aromatic rings. The van der Waals surface area contributed by atoms with Crippen LogP contribution in [-0.4, -0.2) is 17.4 Å². The zero-order valence-electron chi connectivity index (χ0n) is 9.90. The quantitative estimate of drug-likeness (QED) is 0.884. The van der Waals surface area contributed by atoms with E-state index in [1.54, 1.807) is 11.3 Å². The molecule has 1 N–H and O–H groups in total. The average molecular weight is 248 g/mol. The van der Waals surface area contributed by atoms with E-state index in [9.17, 15) is 4.79 Å². The Morgan fingerprint density at radius 2 is 2.24 bits per heavy atom. The van der Waals surface area contributed by atoms with Crippen LogP contribution in [0.1, 0.15) is 24.8 Å². The van der Waals surface area contributed by atoms with Crippen molar-refractivity contribution < 1.29 is 4.79 Å². The Kier molecular flexibility index (Phi) is 4.09. The van der Waals surface area contributed by atoms with E-state index >= 15 is 0 Å². The van der Waals surface area contributed by atoms with Gasteiger partial charge in [-0.05, 0) is 31.9 Å². The van der Waals surface area contributed by atoms with Gasteiger partial charge in [0, 0.05) is 13.0 Å². The Bertz CT molecular complexity index is 474. The number of amides is 1. The van der Waals surface area contributed by atoms with Crippen LogP contribution in [0.3, 0.4) is 0 Å². The summed E-state index contributed by atoms with van der Waals surface area (Å²) in [7, 11) is 0. The highest BCUT2D eigenvalue weighted by molar-refractivity contribution is 7.18. The highest BCUT2D eigenvalue weighted by Gasteiger charge is 2.04. The number of aryl methyl sites for hydroxylation is 1. The summed E-state index contributed by atoms with van der Waals surface area (Å²) in [6.07, 6.45) is 2.34. The van der Waals surface area contributed by atoms with E-state index in [1.807, 2.05) is 25.1 Å². The fourth-order valence-electron chi connectivity index (χ4n) is 1.71. The fraction of sp³-hybridized carbons (Fsp3) is 0.385. The SMILES string of the molecule is CCNC(=O)CCCc1nc2ccccc2s1. The van der Waals surface area contributed by atoms with E-state index in [0.717, 1.165) is 23.4 Å². The molecule has 17 heavy (non-hydrogen) atoms. The van der Waals surface area contributed by atoms with Crippen LogP contribution < -0.4 is 5.32 Å². The van der Waals surface area contributed by atoms with Gasteiger partial charge in [-0.15, -0.1) is 11.3 Å². The molecule has 0 atom stereocenters. The minimum Gasteiger partial charge on any atom is -0.356 e. The second-order valence-corrected chi connectivity index (χ2v) is 5.00. The molecule has 0 saturated carbocycles. The molecule has 1 heterocycles. The summed E-state index contributed by atoms with van der Waals surface area (Å²) in [4.78, 5) is 15.8. The zero-order chi connectivity index (χ0) is 12.1. The standard InChI is InChI=1S/C13H16N2OS/c1-2-14-12(16)8-5-9-13-15-10-6-3-4-7-11(10)17-13/h3-4,6-7H,2,5,8-9H2,1H3,(H,14,16). The van der Waals surface area contributed by atoms with Crippen molar-refractivity contribution in [3.05, 3.63) is 29.3 Å². The molecule has 1 amide bonds. The highest BCUT2D eigenvalue weighted by atomic mass is 32.1. The number of rotatable bonds is 5. The second kappa shape index (κ2) is 5.77. The molecule has 0 unspecified atom stereocenters. The largest absolute Gasteiger partial charge is 0.356 e. The number of fused-ring (bicyclic) bond motifs is 1. The second-order valence-electron chi connectivity index (χ2n) is 3.88. The van der Waals surface area contributed by atoms with Crippen LogP contribution in [0.25, 0.3) is 10.2 Å². The van der Waals surface area contributed by atoms with Gasteiger partial charge in [0.1, 0.15) is 0 Å². The van der Waals surface area contributed by atoms with E-state index in [2.05, 4.69) is 16.4 Å². The van der Waals surface area contributed by atoms with Gasteiger partial charge in [0.15, 0.2) is 0 Å². The monoisotopic (exact) mass is 248 g/mol. The van der Waals surface area contributed by atoms with Crippen molar-refractivity contribution >= 4 is 27.5 Å². The third kappa shape index (κ3) is 3.27. The topological polar surface area (TPSA) is 42.0 Å². The molecule has 1 aromatic heterocycles. The molecular formula is C13H16N2OS. The lowest BCUT2D eigenvalue weighted by Gasteiger charge is -1.99. The number of thiazole rings is 1. The van der Waals surface area contributed by atoms with Gasteiger partial charge in [-0.2, -0.15) is 0 Å². The van der Waals surface area contributed by atoms with Crippen LogP contribution in [-0.2, 0) is 11.2 Å². The minimum absolute atomic E-state index is 0.133. The van der Waals surface area contributed by atoms with Gasteiger partial charge in [-0.3, -0.25) is 4.79 Å². The van der Waals surface area contributed by atoms with Crippen molar-refractivity contribution in [1.29, 1.82) is 0 Å². The lowest BCUT2D eigenvalue weighted by molar-refractivity contribution is -0.121. The van der Waals surface area contributed by atoms with Crippen LogP contribution in [0.2, 0.25) is 0 Å². The van der Waals surface area contributed by atoms with Crippen molar-refractivity contribution in [3.63, 3.8) is 0 Å². The molecule has 0 aliphatic carbocycles. The van der Waals surface area contributed by atoms with Gasteiger partial charge in [0.2, 0.25) is 5.91 Å².